The summed E-state index contributed by atoms with van der Waals surface area (Å²) < 4.78 is 0. The second kappa shape index (κ2) is 4.14. The van der Waals surface area contributed by atoms with Crippen molar-refractivity contribution in [2.24, 2.45) is 5.41 Å². The van der Waals surface area contributed by atoms with E-state index in [1.807, 2.05) is 18.2 Å². The zero-order chi connectivity index (χ0) is 11.7. The lowest BCUT2D eigenvalue weighted by Crippen LogP contribution is -2.42. The molecule has 1 aromatic rings. The first-order valence-corrected chi connectivity index (χ1v) is 6.61. The Kier molecular flexibility index (Phi) is 2.62. The minimum Gasteiger partial charge on any atom is -0.294 e. The van der Waals surface area contributed by atoms with Crippen LogP contribution < -0.4 is 0 Å². The summed E-state index contributed by atoms with van der Waals surface area (Å²) >= 11 is 0. The van der Waals surface area contributed by atoms with Gasteiger partial charge in [-0.15, -0.1) is 0 Å². The van der Waals surface area contributed by atoms with Crippen molar-refractivity contribution < 1.29 is 4.79 Å². The highest BCUT2D eigenvalue weighted by atomic mass is 16.1. The first-order valence-electron chi connectivity index (χ1n) is 6.61. The van der Waals surface area contributed by atoms with E-state index in [4.69, 9.17) is 0 Å². The zero-order valence-electron chi connectivity index (χ0n) is 10.1. The van der Waals surface area contributed by atoms with Gasteiger partial charge in [0.05, 0.1) is 0 Å². The number of hydrogen-bond acceptors (Lipinski definition) is 1. The summed E-state index contributed by atoms with van der Waals surface area (Å²) in [5, 5.41) is 0. The average molecular weight is 226 g/mol. The minimum absolute atomic E-state index is 0.255. The third-order valence-corrected chi connectivity index (χ3v) is 4.29. The molecule has 2 aliphatic rings. The Morgan fingerprint density at radius 1 is 1.00 bits per heavy atom. The summed E-state index contributed by atoms with van der Waals surface area (Å²) in [5.41, 5.74) is 2.52. The molecule has 17 heavy (non-hydrogen) atoms. The quantitative estimate of drug-likeness (QED) is 0.662. The van der Waals surface area contributed by atoms with Gasteiger partial charge in [0.2, 0.25) is 0 Å². The first kappa shape index (κ1) is 10.8. The van der Waals surface area contributed by atoms with Crippen molar-refractivity contribution in [1.82, 2.24) is 0 Å². The van der Waals surface area contributed by atoms with Gasteiger partial charge in [-0.25, -0.2) is 0 Å². The average Bonchev–Trinajstić information content (AvgIpc) is 2.39. The van der Waals surface area contributed by atoms with Gasteiger partial charge < -0.3 is 0 Å². The van der Waals surface area contributed by atoms with Crippen LogP contribution in [0.5, 0.6) is 0 Å². The molecule has 2 saturated carbocycles. The van der Waals surface area contributed by atoms with E-state index in [1.165, 1.54) is 37.7 Å². The number of Topliss-reactive ketones (excluding diaryl/α,β-unsaturated/α-hetero) is 1. The molecule has 0 saturated heterocycles. The van der Waals surface area contributed by atoms with Crippen molar-refractivity contribution in [2.75, 3.05) is 0 Å². The Hall–Kier alpha value is -1.37. The van der Waals surface area contributed by atoms with E-state index in [1.54, 1.807) is 0 Å². The van der Waals surface area contributed by atoms with Crippen molar-refractivity contribution in [1.29, 1.82) is 0 Å². The predicted molar refractivity (Wildman–Crippen MR) is 69.6 cm³/mol. The van der Waals surface area contributed by atoms with E-state index in [0.29, 0.717) is 5.78 Å². The largest absolute Gasteiger partial charge is 0.294 e. The van der Waals surface area contributed by atoms with Crippen LogP contribution >= 0.6 is 0 Å². The molecule has 88 valence electrons. The molecule has 0 bridgehead atoms. The van der Waals surface area contributed by atoms with Crippen LogP contribution in [0, 0.1) is 5.41 Å². The summed E-state index contributed by atoms with van der Waals surface area (Å²) in [5.74, 6) is 0.371. The fourth-order valence-corrected chi connectivity index (χ4v) is 3.31. The van der Waals surface area contributed by atoms with E-state index < -0.39 is 0 Å². The lowest BCUT2D eigenvalue weighted by atomic mass is 9.56. The van der Waals surface area contributed by atoms with Crippen molar-refractivity contribution in [3.63, 3.8) is 0 Å². The van der Waals surface area contributed by atoms with Crippen LogP contribution in [-0.2, 0) is 4.79 Å². The van der Waals surface area contributed by atoms with Crippen LogP contribution in [0.3, 0.4) is 0 Å². The third-order valence-electron chi connectivity index (χ3n) is 4.29. The van der Waals surface area contributed by atoms with Crippen LogP contribution in [0.25, 0.3) is 6.08 Å². The summed E-state index contributed by atoms with van der Waals surface area (Å²) in [6, 6.07) is 10.2. The highest BCUT2D eigenvalue weighted by Crippen LogP contribution is 2.53. The van der Waals surface area contributed by atoms with Crippen LogP contribution in [0.1, 0.15) is 44.1 Å². The van der Waals surface area contributed by atoms with E-state index >= 15 is 0 Å². The molecule has 0 radical (unpaired) electrons. The van der Waals surface area contributed by atoms with Crippen molar-refractivity contribution >= 4 is 11.9 Å². The SMILES string of the molecule is O=C1CC2(CCCCC2)/C1=C/c1ccccc1. The van der Waals surface area contributed by atoms with E-state index in [-0.39, 0.29) is 5.41 Å². The number of benzene rings is 1. The summed E-state index contributed by atoms with van der Waals surface area (Å²) in [6.45, 7) is 0. The van der Waals surface area contributed by atoms with Crippen molar-refractivity contribution in [3.05, 3.63) is 41.5 Å². The molecule has 0 aromatic heterocycles. The van der Waals surface area contributed by atoms with Crippen LogP contribution in [-0.4, -0.2) is 5.78 Å². The lowest BCUT2D eigenvalue weighted by Gasteiger charge is -2.46. The summed E-state index contributed by atoms with van der Waals surface area (Å²) in [4.78, 5) is 11.8. The molecular formula is C16H18O. The van der Waals surface area contributed by atoms with Gasteiger partial charge in [0.25, 0.3) is 0 Å². The smallest absolute Gasteiger partial charge is 0.160 e. The number of carbonyl (C=O) groups is 1. The Labute approximate surface area is 103 Å². The Balaban J connectivity index is 1.90. The van der Waals surface area contributed by atoms with E-state index in [2.05, 4.69) is 18.2 Å². The molecule has 0 N–H and O–H groups in total. The molecule has 1 aromatic carbocycles. The number of ketones is 1. The van der Waals surface area contributed by atoms with Gasteiger partial charge in [-0.2, -0.15) is 0 Å². The summed E-state index contributed by atoms with van der Waals surface area (Å²) in [6.07, 6.45) is 9.28. The number of rotatable bonds is 1. The zero-order valence-corrected chi connectivity index (χ0v) is 10.1. The molecule has 0 heterocycles. The van der Waals surface area contributed by atoms with E-state index in [0.717, 1.165) is 12.0 Å². The maximum atomic E-state index is 11.8. The van der Waals surface area contributed by atoms with Crippen LogP contribution in [0.2, 0.25) is 0 Å². The second-order valence-corrected chi connectivity index (χ2v) is 5.41. The molecule has 1 spiro atoms. The molecule has 1 nitrogen and oxygen atoms in total. The number of allylic oxidation sites excluding steroid dienone is 1. The topological polar surface area (TPSA) is 17.1 Å². The standard InChI is InChI=1S/C16H18O/c17-15-12-16(9-5-2-6-10-16)14(15)11-13-7-3-1-4-8-13/h1,3-4,7-8,11H,2,5-6,9-10,12H2/b14-11+. The fourth-order valence-electron chi connectivity index (χ4n) is 3.31. The molecule has 2 aliphatic carbocycles. The van der Waals surface area contributed by atoms with Gasteiger partial charge in [0, 0.05) is 17.4 Å². The molecule has 2 fully saturated rings. The van der Waals surface area contributed by atoms with Crippen molar-refractivity contribution in [2.45, 2.75) is 38.5 Å². The van der Waals surface area contributed by atoms with Gasteiger partial charge in [-0.05, 0) is 24.5 Å². The maximum absolute atomic E-state index is 11.8. The molecular weight excluding hydrogens is 208 g/mol. The number of hydrogen-bond donors (Lipinski definition) is 0. The summed E-state index contributed by atoms with van der Waals surface area (Å²) in [7, 11) is 0. The third kappa shape index (κ3) is 1.84. The molecule has 0 aliphatic heterocycles. The van der Waals surface area contributed by atoms with Crippen LogP contribution in [0.15, 0.2) is 35.9 Å². The van der Waals surface area contributed by atoms with Gasteiger partial charge in [-0.3, -0.25) is 4.79 Å². The predicted octanol–water partition coefficient (Wildman–Crippen LogP) is 3.99. The Morgan fingerprint density at radius 2 is 1.71 bits per heavy atom. The lowest BCUT2D eigenvalue weighted by molar-refractivity contribution is -0.125. The Bertz CT molecular complexity index is 450. The van der Waals surface area contributed by atoms with Crippen LogP contribution in [0.4, 0.5) is 0 Å². The minimum atomic E-state index is 0.255. The van der Waals surface area contributed by atoms with E-state index in [9.17, 15) is 4.79 Å². The fraction of sp³-hybridized carbons (Fsp3) is 0.438. The number of carbonyl (C=O) groups excluding carboxylic acids is 1. The highest BCUT2D eigenvalue weighted by Gasteiger charge is 2.48. The monoisotopic (exact) mass is 226 g/mol. The molecule has 0 unspecified atom stereocenters. The normalized spacial score (nSPS) is 24.9. The molecule has 1 heteroatoms. The van der Waals surface area contributed by atoms with Gasteiger partial charge in [-0.1, -0.05) is 49.6 Å². The van der Waals surface area contributed by atoms with Gasteiger partial charge in [0.15, 0.2) is 5.78 Å². The second-order valence-electron chi connectivity index (χ2n) is 5.41. The van der Waals surface area contributed by atoms with Gasteiger partial charge in [0.1, 0.15) is 0 Å². The molecule has 0 atom stereocenters. The van der Waals surface area contributed by atoms with Crippen molar-refractivity contribution in [3.8, 4) is 0 Å². The maximum Gasteiger partial charge on any atom is 0.160 e. The Morgan fingerprint density at radius 3 is 2.35 bits per heavy atom. The van der Waals surface area contributed by atoms with Gasteiger partial charge >= 0.3 is 0 Å². The highest BCUT2D eigenvalue weighted by molar-refractivity contribution is 6.08. The molecule has 0 amide bonds. The first-order chi connectivity index (χ1) is 8.30. The molecule has 3 rings (SSSR count).